The summed E-state index contributed by atoms with van der Waals surface area (Å²) in [6, 6.07) is 10.6. The topological polar surface area (TPSA) is 76.9 Å². The van der Waals surface area contributed by atoms with Crippen LogP contribution in [0.5, 0.6) is 0 Å². The van der Waals surface area contributed by atoms with Gasteiger partial charge in [-0.3, -0.25) is 9.59 Å². The first-order valence-corrected chi connectivity index (χ1v) is 8.67. The van der Waals surface area contributed by atoms with Crippen LogP contribution in [0.3, 0.4) is 0 Å². The lowest BCUT2D eigenvalue weighted by atomic mass is 10.1. The average Bonchev–Trinajstić information content (AvgIpc) is 2.61. The van der Waals surface area contributed by atoms with Gasteiger partial charge >= 0.3 is 6.18 Å². The van der Waals surface area contributed by atoms with Gasteiger partial charge in [-0.15, -0.1) is 0 Å². The molecule has 1 amide bonds. The van der Waals surface area contributed by atoms with E-state index in [0.29, 0.717) is 4.60 Å². The van der Waals surface area contributed by atoms with Crippen LogP contribution in [0.25, 0.3) is 5.69 Å². The van der Waals surface area contributed by atoms with Crippen molar-refractivity contribution in [1.29, 1.82) is 0 Å². The SMILES string of the molecule is Cc1cc(=O)c(C(=O)Nc2cccc(Br)n2)nn1-c1ccccc1C(F)(F)F. The molecule has 6 nitrogen and oxygen atoms in total. The second-order valence-corrected chi connectivity index (χ2v) is 6.54. The highest BCUT2D eigenvalue weighted by molar-refractivity contribution is 9.10. The lowest BCUT2D eigenvalue weighted by Gasteiger charge is -2.16. The minimum atomic E-state index is -4.63. The van der Waals surface area contributed by atoms with E-state index in [2.05, 4.69) is 31.3 Å². The average molecular weight is 453 g/mol. The molecule has 0 atom stereocenters. The third-order valence-electron chi connectivity index (χ3n) is 3.72. The van der Waals surface area contributed by atoms with E-state index < -0.39 is 28.8 Å². The number of carbonyl (C=O) groups is 1. The van der Waals surface area contributed by atoms with Crippen molar-refractivity contribution in [1.82, 2.24) is 14.8 Å². The highest BCUT2D eigenvalue weighted by Gasteiger charge is 2.34. The van der Waals surface area contributed by atoms with E-state index in [-0.39, 0.29) is 17.2 Å². The summed E-state index contributed by atoms with van der Waals surface area (Å²) in [5.41, 5.74) is -2.34. The molecule has 0 saturated carbocycles. The van der Waals surface area contributed by atoms with Crippen LogP contribution in [-0.4, -0.2) is 20.7 Å². The number of anilines is 1. The Labute approximate surface area is 165 Å². The van der Waals surface area contributed by atoms with E-state index in [1.54, 1.807) is 12.1 Å². The molecule has 0 aliphatic rings. The largest absolute Gasteiger partial charge is 0.418 e. The number of nitrogens with one attached hydrogen (secondary N) is 1. The van der Waals surface area contributed by atoms with E-state index >= 15 is 0 Å². The number of aromatic nitrogens is 3. The predicted molar refractivity (Wildman–Crippen MR) is 99.5 cm³/mol. The molecule has 0 fully saturated rings. The van der Waals surface area contributed by atoms with Gasteiger partial charge in [0, 0.05) is 11.8 Å². The lowest BCUT2D eigenvalue weighted by molar-refractivity contribution is -0.137. The smallest absolute Gasteiger partial charge is 0.305 e. The highest BCUT2D eigenvalue weighted by Crippen LogP contribution is 2.33. The van der Waals surface area contributed by atoms with Crippen molar-refractivity contribution in [2.24, 2.45) is 0 Å². The van der Waals surface area contributed by atoms with E-state index in [4.69, 9.17) is 0 Å². The zero-order chi connectivity index (χ0) is 20.5. The van der Waals surface area contributed by atoms with Gasteiger partial charge in [-0.1, -0.05) is 18.2 Å². The number of aryl methyl sites for hydroxylation is 1. The summed E-state index contributed by atoms with van der Waals surface area (Å²) in [4.78, 5) is 28.7. The van der Waals surface area contributed by atoms with Gasteiger partial charge < -0.3 is 5.32 Å². The minimum absolute atomic E-state index is 0.152. The molecule has 0 bridgehead atoms. The number of benzene rings is 1. The van der Waals surface area contributed by atoms with Crippen LogP contribution in [-0.2, 0) is 6.18 Å². The van der Waals surface area contributed by atoms with Crippen molar-refractivity contribution in [3.05, 3.63) is 80.3 Å². The predicted octanol–water partition coefficient (Wildman–Crippen LogP) is 3.97. The maximum atomic E-state index is 13.3. The molecule has 2 heterocycles. The summed E-state index contributed by atoms with van der Waals surface area (Å²) in [7, 11) is 0. The number of hydrogen-bond donors (Lipinski definition) is 1. The van der Waals surface area contributed by atoms with Crippen LogP contribution in [0, 0.1) is 6.92 Å². The first kappa shape index (κ1) is 19.7. The Morgan fingerprint density at radius 1 is 1.14 bits per heavy atom. The molecule has 3 aromatic rings. The molecular formula is C18H12BrF3N4O2. The number of halogens is 4. The van der Waals surface area contributed by atoms with Gasteiger partial charge in [-0.25, -0.2) is 9.67 Å². The number of alkyl halides is 3. The number of carbonyl (C=O) groups excluding carboxylic acids is 1. The molecule has 0 radical (unpaired) electrons. The van der Waals surface area contributed by atoms with Gasteiger partial charge in [-0.2, -0.15) is 18.3 Å². The van der Waals surface area contributed by atoms with Crippen LogP contribution in [0.4, 0.5) is 19.0 Å². The molecule has 2 aromatic heterocycles. The quantitative estimate of drug-likeness (QED) is 0.610. The van der Waals surface area contributed by atoms with Gasteiger partial charge in [0.2, 0.25) is 5.43 Å². The maximum absolute atomic E-state index is 13.3. The number of rotatable bonds is 3. The summed E-state index contributed by atoms with van der Waals surface area (Å²) in [5, 5.41) is 6.29. The van der Waals surface area contributed by atoms with Crippen molar-refractivity contribution >= 4 is 27.7 Å². The van der Waals surface area contributed by atoms with E-state index in [9.17, 15) is 22.8 Å². The third-order valence-corrected chi connectivity index (χ3v) is 4.16. The second-order valence-electron chi connectivity index (χ2n) is 5.72. The van der Waals surface area contributed by atoms with Crippen LogP contribution < -0.4 is 10.7 Å². The fourth-order valence-corrected chi connectivity index (χ4v) is 2.84. The van der Waals surface area contributed by atoms with E-state index in [1.165, 1.54) is 31.2 Å². The van der Waals surface area contributed by atoms with E-state index in [0.717, 1.165) is 16.8 Å². The van der Waals surface area contributed by atoms with Crippen molar-refractivity contribution in [2.75, 3.05) is 5.32 Å². The zero-order valence-corrected chi connectivity index (χ0v) is 15.9. The molecule has 1 aromatic carbocycles. The Morgan fingerprint density at radius 2 is 1.86 bits per heavy atom. The summed E-state index contributed by atoms with van der Waals surface area (Å²) < 4.78 is 41.4. The molecule has 28 heavy (non-hydrogen) atoms. The Balaban J connectivity index is 2.08. The molecule has 0 aliphatic heterocycles. The summed E-state index contributed by atoms with van der Waals surface area (Å²) in [5.74, 6) is -0.725. The first-order valence-electron chi connectivity index (χ1n) is 7.88. The van der Waals surface area contributed by atoms with Crippen molar-refractivity contribution < 1.29 is 18.0 Å². The fourth-order valence-electron chi connectivity index (χ4n) is 2.50. The summed E-state index contributed by atoms with van der Waals surface area (Å²) in [6.07, 6.45) is -4.63. The molecule has 0 unspecified atom stereocenters. The van der Waals surface area contributed by atoms with Gasteiger partial charge in [0.15, 0.2) is 5.69 Å². The molecule has 0 saturated heterocycles. The molecule has 1 N–H and O–H groups in total. The molecule has 10 heteroatoms. The minimum Gasteiger partial charge on any atom is -0.305 e. The summed E-state index contributed by atoms with van der Waals surface area (Å²) >= 11 is 3.15. The monoisotopic (exact) mass is 452 g/mol. The third kappa shape index (κ3) is 4.11. The zero-order valence-electron chi connectivity index (χ0n) is 14.3. The van der Waals surface area contributed by atoms with E-state index in [1.807, 2.05) is 0 Å². The van der Waals surface area contributed by atoms with Gasteiger partial charge in [0.1, 0.15) is 10.4 Å². The molecule has 0 spiro atoms. The Kier molecular flexibility index (Phi) is 5.32. The van der Waals surface area contributed by atoms with Crippen LogP contribution in [0.2, 0.25) is 0 Å². The van der Waals surface area contributed by atoms with Crippen LogP contribution in [0.15, 0.2) is 57.9 Å². The fraction of sp³-hybridized carbons (Fsp3) is 0.111. The number of nitrogens with zero attached hydrogens (tertiary/aromatic N) is 3. The Bertz CT molecular complexity index is 1110. The number of pyridine rings is 1. The maximum Gasteiger partial charge on any atom is 0.418 e. The molecule has 144 valence electrons. The first-order chi connectivity index (χ1) is 13.2. The number of hydrogen-bond acceptors (Lipinski definition) is 4. The van der Waals surface area contributed by atoms with Gasteiger partial charge in [-0.05, 0) is 47.1 Å². The highest BCUT2D eigenvalue weighted by atomic mass is 79.9. The summed E-state index contributed by atoms with van der Waals surface area (Å²) in [6.45, 7) is 1.43. The van der Waals surface area contributed by atoms with Crippen molar-refractivity contribution in [2.45, 2.75) is 13.1 Å². The van der Waals surface area contributed by atoms with Gasteiger partial charge in [0.05, 0.1) is 11.3 Å². The Hall–Kier alpha value is -3.01. The lowest BCUT2D eigenvalue weighted by Crippen LogP contribution is -2.27. The van der Waals surface area contributed by atoms with Crippen molar-refractivity contribution in [3.8, 4) is 5.69 Å². The van der Waals surface area contributed by atoms with Gasteiger partial charge in [0.25, 0.3) is 5.91 Å². The second kappa shape index (κ2) is 7.55. The Morgan fingerprint density at radius 3 is 2.54 bits per heavy atom. The van der Waals surface area contributed by atoms with Crippen LogP contribution in [0.1, 0.15) is 21.7 Å². The molecular weight excluding hydrogens is 441 g/mol. The number of amides is 1. The molecule has 3 rings (SSSR count). The standard InChI is InChI=1S/C18H12BrF3N4O2/c1-10-9-13(27)16(17(28)24-15-8-4-7-14(19)23-15)25-26(10)12-6-3-2-5-11(12)18(20,21)22/h2-9H,1H3,(H,23,24,28). The van der Waals surface area contributed by atoms with Crippen molar-refractivity contribution in [3.63, 3.8) is 0 Å². The van der Waals surface area contributed by atoms with Crippen LogP contribution >= 0.6 is 15.9 Å². The normalized spacial score (nSPS) is 11.3. The number of para-hydroxylation sites is 1. The molecule has 0 aliphatic carbocycles.